The summed E-state index contributed by atoms with van der Waals surface area (Å²) in [7, 11) is 0. The van der Waals surface area contributed by atoms with E-state index in [1.54, 1.807) is 6.07 Å². The van der Waals surface area contributed by atoms with E-state index in [-0.39, 0.29) is 23.6 Å². The fourth-order valence-corrected chi connectivity index (χ4v) is 5.41. The average Bonchev–Trinajstić information content (AvgIpc) is 3.42. The minimum absolute atomic E-state index is 0.0999. The van der Waals surface area contributed by atoms with Crippen LogP contribution in [0.25, 0.3) is 0 Å². The number of thiophene rings is 1. The number of hydrogen-bond donors (Lipinski definition) is 0. The standard InChI is InChI=1S/C23H25N3O4S/c27-21(24-9-11-30-12-10-24)16-4-2-8-25(14-16)19-7-1-6-18-20(19)23(29)26(22(18)28)15-17-5-3-13-31-17/h1,3,5-7,13,16H,2,4,8-12,14-15H2/t16-/m0/s1. The van der Waals surface area contributed by atoms with Crippen LogP contribution in [0, 0.1) is 5.92 Å². The minimum Gasteiger partial charge on any atom is -0.378 e. The van der Waals surface area contributed by atoms with Gasteiger partial charge < -0.3 is 14.5 Å². The molecular weight excluding hydrogens is 414 g/mol. The highest BCUT2D eigenvalue weighted by Crippen LogP contribution is 2.35. The van der Waals surface area contributed by atoms with Crippen LogP contribution in [0.1, 0.15) is 38.4 Å². The summed E-state index contributed by atoms with van der Waals surface area (Å²) < 4.78 is 5.37. The summed E-state index contributed by atoms with van der Waals surface area (Å²) in [6, 6.07) is 9.32. The SMILES string of the molecule is O=C([C@H]1CCCN(c2cccc3c2C(=O)N(Cc2cccs2)C3=O)C1)N1CCOCC1. The molecule has 1 atom stereocenters. The molecule has 0 unspecified atom stereocenters. The zero-order valence-electron chi connectivity index (χ0n) is 17.3. The van der Waals surface area contributed by atoms with E-state index in [1.165, 1.54) is 16.2 Å². The molecule has 8 heteroatoms. The second kappa shape index (κ2) is 8.43. The van der Waals surface area contributed by atoms with Crippen LogP contribution in [0.4, 0.5) is 5.69 Å². The molecule has 0 saturated carbocycles. The van der Waals surface area contributed by atoms with E-state index in [0.29, 0.717) is 50.5 Å². The van der Waals surface area contributed by atoms with Crippen LogP contribution in [-0.4, -0.2) is 66.9 Å². The van der Waals surface area contributed by atoms with Crippen molar-refractivity contribution in [1.29, 1.82) is 0 Å². The van der Waals surface area contributed by atoms with E-state index in [0.717, 1.165) is 30.0 Å². The van der Waals surface area contributed by atoms with Crippen molar-refractivity contribution < 1.29 is 19.1 Å². The second-order valence-electron chi connectivity index (χ2n) is 8.20. The molecule has 3 aliphatic rings. The first kappa shape index (κ1) is 20.2. The van der Waals surface area contributed by atoms with Crippen LogP contribution in [0.5, 0.6) is 0 Å². The fraction of sp³-hybridized carbons (Fsp3) is 0.435. The van der Waals surface area contributed by atoms with Crippen molar-refractivity contribution in [3.63, 3.8) is 0 Å². The summed E-state index contributed by atoms with van der Waals surface area (Å²) in [6.07, 6.45) is 1.73. The van der Waals surface area contributed by atoms with Gasteiger partial charge in [0.05, 0.1) is 42.5 Å². The highest BCUT2D eigenvalue weighted by Gasteiger charge is 2.40. The molecule has 7 nitrogen and oxygen atoms in total. The van der Waals surface area contributed by atoms with Crippen molar-refractivity contribution >= 4 is 34.7 Å². The zero-order chi connectivity index (χ0) is 21.4. The van der Waals surface area contributed by atoms with Crippen molar-refractivity contribution in [3.05, 3.63) is 51.7 Å². The van der Waals surface area contributed by atoms with Crippen molar-refractivity contribution in [3.8, 4) is 0 Å². The highest BCUT2D eigenvalue weighted by atomic mass is 32.1. The van der Waals surface area contributed by atoms with Gasteiger partial charge in [0.1, 0.15) is 0 Å². The molecule has 0 radical (unpaired) electrons. The molecule has 0 N–H and O–H groups in total. The molecule has 5 rings (SSSR count). The Labute approximate surface area is 185 Å². The number of carbonyl (C=O) groups excluding carboxylic acids is 3. The smallest absolute Gasteiger partial charge is 0.264 e. The maximum absolute atomic E-state index is 13.3. The normalized spacial score (nSPS) is 21.5. The van der Waals surface area contributed by atoms with Crippen LogP contribution >= 0.6 is 11.3 Å². The van der Waals surface area contributed by atoms with Gasteiger partial charge in [0.15, 0.2) is 0 Å². The van der Waals surface area contributed by atoms with E-state index in [9.17, 15) is 14.4 Å². The summed E-state index contributed by atoms with van der Waals surface area (Å²) in [4.78, 5) is 45.6. The van der Waals surface area contributed by atoms with Gasteiger partial charge in [-0.2, -0.15) is 0 Å². The summed E-state index contributed by atoms with van der Waals surface area (Å²) in [5.74, 6) is -0.418. The van der Waals surface area contributed by atoms with Gasteiger partial charge in [-0.1, -0.05) is 12.1 Å². The molecule has 162 valence electrons. The van der Waals surface area contributed by atoms with Gasteiger partial charge in [-0.25, -0.2) is 0 Å². The van der Waals surface area contributed by atoms with Gasteiger partial charge in [-0.05, 0) is 36.4 Å². The highest BCUT2D eigenvalue weighted by molar-refractivity contribution is 7.09. The molecule has 1 aromatic heterocycles. The number of nitrogens with zero attached hydrogens (tertiary/aromatic N) is 3. The van der Waals surface area contributed by atoms with Gasteiger partial charge in [-0.15, -0.1) is 11.3 Å². The van der Waals surface area contributed by atoms with E-state index >= 15 is 0 Å². The Bertz CT molecular complexity index is 1000. The minimum atomic E-state index is -0.245. The number of rotatable bonds is 4. The number of amides is 3. The number of hydrogen-bond acceptors (Lipinski definition) is 6. The van der Waals surface area contributed by atoms with Gasteiger partial charge in [0.25, 0.3) is 11.8 Å². The lowest BCUT2D eigenvalue weighted by Crippen LogP contribution is -2.48. The molecule has 31 heavy (non-hydrogen) atoms. The molecule has 2 fully saturated rings. The van der Waals surface area contributed by atoms with Crippen LogP contribution in [-0.2, 0) is 16.1 Å². The first-order valence-corrected chi connectivity index (χ1v) is 11.6. The van der Waals surface area contributed by atoms with Crippen molar-refractivity contribution in [1.82, 2.24) is 9.80 Å². The predicted molar refractivity (Wildman–Crippen MR) is 117 cm³/mol. The lowest BCUT2D eigenvalue weighted by molar-refractivity contribution is -0.139. The largest absolute Gasteiger partial charge is 0.378 e. The van der Waals surface area contributed by atoms with E-state index in [1.807, 2.05) is 34.5 Å². The van der Waals surface area contributed by atoms with Gasteiger partial charge in [-0.3, -0.25) is 19.3 Å². The number of morpholine rings is 1. The number of fused-ring (bicyclic) bond motifs is 1. The Kier molecular flexibility index (Phi) is 5.50. The molecule has 2 aromatic rings. The van der Waals surface area contributed by atoms with Gasteiger partial charge in [0, 0.05) is 31.1 Å². The monoisotopic (exact) mass is 439 g/mol. The Morgan fingerprint density at radius 1 is 1.06 bits per heavy atom. The number of imide groups is 1. The van der Waals surface area contributed by atoms with Crippen LogP contribution in [0.15, 0.2) is 35.7 Å². The zero-order valence-corrected chi connectivity index (χ0v) is 18.1. The molecule has 2 saturated heterocycles. The van der Waals surface area contributed by atoms with Crippen LogP contribution in [0.2, 0.25) is 0 Å². The third-order valence-electron chi connectivity index (χ3n) is 6.31. The van der Waals surface area contributed by atoms with E-state index < -0.39 is 0 Å². The van der Waals surface area contributed by atoms with E-state index in [2.05, 4.69) is 4.90 Å². The second-order valence-corrected chi connectivity index (χ2v) is 9.23. The Morgan fingerprint density at radius 2 is 1.90 bits per heavy atom. The third-order valence-corrected chi connectivity index (χ3v) is 7.17. The lowest BCUT2D eigenvalue weighted by Gasteiger charge is -2.37. The molecule has 3 aliphatic heterocycles. The van der Waals surface area contributed by atoms with E-state index in [4.69, 9.17) is 4.74 Å². The lowest BCUT2D eigenvalue weighted by atomic mass is 9.94. The molecule has 3 amide bonds. The first-order valence-electron chi connectivity index (χ1n) is 10.8. The third kappa shape index (κ3) is 3.74. The quantitative estimate of drug-likeness (QED) is 0.685. The van der Waals surface area contributed by atoms with Crippen LogP contribution in [0.3, 0.4) is 0 Å². The number of carbonyl (C=O) groups is 3. The summed E-state index contributed by atoms with van der Waals surface area (Å²) in [5, 5.41) is 1.94. The van der Waals surface area contributed by atoms with Crippen molar-refractivity contribution in [2.75, 3.05) is 44.3 Å². The summed E-state index contributed by atoms with van der Waals surface area (Å²) in [5.41, 5.74) is 1.70. The van der Waals surface area contributed by atoms with Crippen LogP contribution < -0.4 is 4.90 Å². The summed E-state index contributed by atoms with van der Waals surface area (Å²) in [6.45, 7) is 4.09. The molecular formula is C23H25N3O4S. The molecule has 0 bridgehead atoms. The topological polar surface area (TPSA) is 70.2 Å². The van der Waals surface area contributed by atoms with Crippen molar-refractivity contribution in [2.24, 2.45) is 5.92 Å². The molecule has 4 heterocycles. The predicted octanol–water partition coefficient (Wildman–Crippen LogP) is 2.62. The Balaban J connectivity index is 1.38. The Morgan fingerprint density at radius 3 is 2.68 bits per heavy atom. The maximum Gasteiger partial charge on any atom is 0.264 e. The fourth-order valence-electron chi connectivity index (χ4n) is 4.72. The van der Waals surface area contributed by atoms with Gasteiger partial charge >= 0.3 is 0 Å². The number of anilines is 1. The number of benzene rings is 1. The molecule has 1 aromatic carbocycles. The first-order chi connectivity index (χ1) is 15.1. The maximum atomic E-state index is 13.3. The average molecular weight is 440 g/mol. The Hall–Kier alpha value is -2.71. The molecule has 0 aliphatic carbocycles. The molecule has 0 spiro atoms. The van der Waals surface area contributed by atoms with Gasteiger partial charge in [0.2, 0.25) is 5.91 Å². The number of piperidine rings is 1. The number of ether oxygens (including phenoxy) is 1. The summed E-state index contributed by atoms with van der Waals surface area (Å²) >= 11 is 1.53. The van der Waals surface area contributed by atoms with Crippen molar-refractivity contribution in [2.45, 2.75) is 19.4 Å².